The minimum atomic E-state index is -1.09. The molecule has 8 N–H and O–H groups in total. The Bertz CT molecular complexity index is 4640. The van der Waals surface area contributed by atoms with E-state index >= 15 is 0 Å². The second-order valence-corrected chi connectivity index (χ2v) is 36.0. The molecule has 0 bridgehead atoms. The lowest BCUT2D eigenvalue weighted by Crippen LogP contribution is -2.10. The molecule has 121 heavy (non-hydrogen) atoms. The normalized spacial score (nSPS) is 13.0. The monoisotopic (exact) mass is 1810 g/mol. The summed E-state index contributed by atoms with van der Waals surface area (Å²) in [4.78, 5) is 0. The summed E-state index contributed by atoms with van der Waals surface area (Å²) in [6, 6.07) is 26.7. The maximum absolute atomic E-state index is 13.7. The van der Waals surface area contributed by atoms with E-state index in [2.05, 4.69) is 58.4 Å². The molecule has 656 valence electrons. The number of nitrogens with zero attached hydrogens (tertiary/aromatic N) is 8. The summed E-state index contributed by atoms with van der Waals surface area (Å²) >= 11 is 52.5. The van der Waals surface area contributed by atoms with Crippen LogP contribution in [0.5, 0.6) is 46.0 Å². The molecule has 0 saturated heterocycles. The van der Waals surface area contributed by atoms with Crippen molar-refractivity contribution in [2.24, 2.45) is 40.9 Å². The molecule has 8 aromatic carbocycles. The van der Waals surface area contributed by atoms with E-state index in [-0.39, 0.29) is 128 Å². The molecular weight excluding hydrogens is 1690 g/mol. The highest BCUT2D eigenvalue weighted by atomic mass is 35.5. The number of halogens is 8. The molecule has 0 aromatic heterocycles. The smallest absolute Gasteiger partial charge is 0.169 e. The van der Waals surface area contributed by atoms with Crippen molar-refractivity contribution in [2.75, 3.05) is 0 Å². The molecule has 0 amide bonds. The summed E-state index contributed by atoms with van der Waals surface area (Å²) < 4.78 is 0. The van der Waals surface area contributed by atoms with E-state index in [9.17, 15) is 40.9 Å². The minimum Gasteiger partial charge on any atom is -0.505 e. The van der Waals surface area contributed by atoms with Gasteiger partial charge < -0.3 is 40.9 Å². The van der Waals surface area contributed by atoms with Crippen LogP contribution in [-0.2, 0) is 0 Å². The van der Waals surface area contributed by atoms with Crippen LogP contribution in [0.4, 0.5) is 45.5 Å². The number of benzene rings is 8. The largest absolute Gasteiger partial charge is 0.505 e. The highest BCUT2D eigenvalue weighted by Gasteiger charge is 2.36. The number of hydrogen-bond donors (Lipinski definition) is 8. The topological polar surface area (TPSA) is 261 Å². The zero-order valence-corrected chi connectivity index (χ0v) is 77.1. The fourth-order valence-corrected chi connectivity index (χ4v) is 18.2. The molecule has 0 aliphatic carbocycles. The van der Waals surface area contributed by atoms with Crippen LogP contribution in [0.15, 0.2) is 144 Å². The van der Waals surface area contributed by atoms with E-state index in [1.165, 1.54) is 93.5 Å². The minimum absolute atomic E-state index is 0.148. The molecule has 0 aliphatic heterocycles. The Kier molecular flexibility index (Phi) is 43.7. The highest BCUT2D eigenvalue weighted by Crippen LogP contribution is 2.59. The second kappa shape index (κ2) is 53.3. The first-order valence-electron chi connectivity index (χ1n) is 44.3. The van der Waals surface area contributed by atoms with Crippen molar-refractivity contribution in [3.05, 3.63) is 182 Å². The maximum Gasteiger partial charge on any atom is 0.169 e. The number of hydrogen-bond acceptors (Lipinski definition) is 16. The quantitative estimate of drug-likeness (QED) is 0.0134. The number of aromatic hydroxyl groups is 8. The van der Waals surface area contributed by atoms with Gasteiger partial charge in [-0.2, -0.15) is 20.5 Å². The Balaban J connectivity index is 1.46. The Hall–Kier alpha value is -7.12. The molecule has 0 radical (unpaired) electrons. The van der Waals surface area contributed by atoms with E-state index in [1.54, 1.807) is 48.5 Å². The molecule has 16 nitrogen and oxygen atoms in total. The van der Waals surface area contributed by atoms with Crippen LogP contribution in [0.1, 0.15) is 354 Å². The van der Waals surface area contributed by atoms with Gasteiger partial charge in [-0.15, -0.1) is 20.5 Å². The van der Waals surface area contributed by atoms with Crippen molar-refractivity contribution in [1.82, 2.24) is 0 Å². The van der Waals surface area contributed by atoms with Gasteiger partial charge >= 0.3 is 0 Å². The van der Waals surface area contributed by atoms with Crippen LogP contribution in [-0.4, -0.2) is 40.9 Å². The van der Waals surface area contributed by atoms with Gasteiger partial charge in [-0.05, 0) is 134 Å². The van der Waals surface area contributed by atoms with Crippen molar-refractivity contribution in [3.8, 4) is 46.0 Å². The summed E-state index contributed by atoms with van der Waals surface area (Å²) in [7, 11) is 0. The molecule has 0 aliphatic rings. The summed E-state index contributed by atoms with van der Waals surface area (Å²) in [5, 5.41) is 144. The average molecular weight is 1810 g/mol. The van der Waals surface area contributed by atoms with Crippen molar-refractivity contribution in [3.63, 3.8) is 0 Å². The van der Waals surface area contributed by atoms with Gasteiger partial charge in [0, 0.05) is 91.3 Å². The van der Waals surface area contributed by atoms with Crippen LogP contribution < -0.4 is 0 Å². The molecule has 4 atom stereocenters. The van der Waals surface area contributed by atoms with Gasteiger partial charge in [-0.1, -0.05) is 365 Å². The molecule has 4 unspecified atom stereocenters. The molecule has 8 rings (SSSR count). The lowest BCUT2D eigenvalue weighted by molar-refractivity contribution is 0.423. The Morgan fingerprint density at radius 3 is 0.669 bits per heavy atom. The predicted molar refractivity (Wildman–Crippen MR) is 503 cm³/mol. The Labute approximate surface area is 757 Å². The fourth-order valence-electron chi connectivity index (χ4n) is 16.2. The first kappa shape index (κ1) is 99.3. The van der Waals surface area contributed by atoms with Crippen molar-refractivity contribution < 1.29 is 40.9 Å². The van der Waals surface area contributed by atoms with E-state index in [0.29, 0.717) is 59.7 Å². The number of azo groups is 4. The van der Waals surface area contributed by atoms with Crippen LogP contribution in [0.2, 0.25) is 40.2 Å². The van der Waals surface area contributed by atoms with E-state index < -0.39 is 58.0 Å². The standard InChI is InChI=1S/C97H124Cl8N8O8/c1-6-10-14-18-22-26-30-34-38-42-63(5)80-60-81(93(117)88(92(80)116)111-107-73-54-66(100)49-67(101)55-73)77(44-40-36-32-28-24-20-16-12-8-3)84-62-85(97(121)90(96(84)120)113-109-75-58-70(104)51-71(105)59-75)78(45-41-37-33-29-25-21-17-13-9-4)83-61-82(94(118)89(95(83)119)112-108-74-56-68(102)50-69(103)57-74)76(43-39-35-31-27-23-19-15-11-7-2)79-46-47-86(114)87(91(79)115)110-106-72-52-64(98)48-65(99)53-72/h46-63,76-78,114-121H,6-45H2,1-5H3. The summed E-state index contributed by atoms with van der Waals surface area (Å²) in [6.45, 7) is 10.9. The van der Waals surface area contributed by atoms with Crippen molar-refractivity contribution in [1.29, 1.82) is 0 Å². The van der Waals surface area contributed by atoms with Gasteiger partial charge in [0.15, 0.2) is 57.2 Å². The summed E-state index contributed by atoms with van der Waals surface area (Å²) in [6.07, 6.45) is 37.8. The van der Waals surface area contributed by atoms with Crippen LogP contribution in [0.3, 0.4) is 0 Å². The number of phenols is 8. The highest BCUT2D eigenvalue weighted by molar-refractivity contribution is 6.36. The summed E-state index contributed by atoms with van der Waals surface area (Å²) in [5.41, 5.74) is 1.28. The molecule has 0 saturated carbocycles. The number of unbranched alkanes of at least 4 members (excludes halogenated alkanes) is 32. The van der Waals surface area contributed by atoms with Crippen LogP contribution in [0.25, 0.3) is 0 Å². The van der Waals surface area contributed by atoms with Gasteiger partial charge in [0.1, 0.15) is 11.5 Å². The molecule has 24 heteroatoms. The van der Waals surface area contributed by atoms with E-state index in [4.69, 9.17) is 103 Å². The van der Waals surface area contributed by atoms with E-state index in [1.807, 2.05) is 13.0 Å². The zero-order valence-electron chi connectivity index (χ0n) is 71.1. The fraction of sp³-hybridized carbons (Fsp3) is 0.505. The van der Waals surface area contributed by atoms with Crippen LogP contribution in [0, 0.1) is 0 Å². The SMILES string of the molecule is CCCCCCCCCCCC(C)c1cc(C(CCCCCCCCCCC)c2cc(C(CCCCCCCCCCC)c3cc(C(CCCCCCCCCCC)c4ccc(O)c(N=Nc5cc(Cl)cc(Cl)c5)c4O)c(O)c(N=Nc4cc(Cl)cc(Cl)c4)c3O)c(O)c(N=Nc3cc(Cl)cc(Cl)c3)c2O)c(O)c(N=Nc2cc(Cl)cc(Cl)c2)c1O. The third kappa shape index (κ3) is 31.5. The molecule has 0 spiro atoms. The van der Waals surface area contributed by atoms with Gasteiger partial charge in [0.2, 0.25) is 0 Å². The third-order valence-corrected chi connectivity index (χ3v) is 24.6. The lowest BCUT2D eigenvalue weighted by Gasteiger charge is -2.28. The predicted octanol–water partition coefficient (Wildman–Crippen LogP) is 37.4. The lowest BCUT2D eigenvalue weighted by atomic mass is 9.77. The molecule has 8 aromatic rings. The maximum atomic E-state index is 13.7. The molecule has 0 fully saturated rings. The summed E-state index contributed by atoms with van der Waals surface area (Å²) in [5.74, 6) is -6.93. The number of phenolic OH excluding ortho intramolecular Hbond substituents is 8. The van der Waals surface area contributed by atoms with Crippen LogP contribution >= 0.6 is 92.8 Å². The average Bonchev–Trinajstić information content (AvgIpc) is 0.747. The third-order valence-electron chi connectivity index (χ3n) is 22.8. The van der Waals surface area contributed by atoms with Gasteiger partial charge in [-0.25, -0.2) is 0 Å². The van der Waals surface area contributed by atoms with E-state index in [0.717, 1.165) is 161 Å². The first-order valence-corrected chi connectivity index (χ1v) is 47.3. The zero-order chi connectivity index (χ0) is 87.2. The number of rotatable bonds is 55. The van der Waals surface area contributed by atoms with Crippen molar-refractivity contribution >= 4 is 138 Å². The first-order chi connectivity index (χ1) is 58.4. The molecule has 0 heterocycles. The molecular formula is C97H124Cl8N8O8. The van der Waals surface area contributed by atoms with Gasteiger partial charge in [0.05, 0.1) is 22.7 Å². The van der Waals surface area contributed by atoms with Crippen molar-refractivity contribution in [2.45, 2.75) is 315 Å². The Morgan fingerprint density at radius 2 is 0.413 bits per heavy atom. The van der Waals surface area contributed by atoms with Gasteiger partial charge in [0.25, 0.3) is 0 Å². The second-order valence-electron chi connectivity index (χ2n) is 32.5. The Morgan fingerprint density at radius 1 is 0.215 bits per heavy atom. The van der Waals surface area contributed by atoms with Gasteiger partial charge in [-0.3, -0.25) is 0 Å².